The van der Waals surface area contributed by atoms with E-state index in [9.17, 15) is 30.0 Å². The summed E-state index contributed by atoms with van der Waals surface area (Å²) < 4.78 is 27.6. The molecule has 1 aliphatic rings. The van der Waals surface area contributed by atoms with Gasteiger partial charge in [0.2, 0.25) is 12.0 Å². The number of hydrogen-bond acceptors (Lipinski definition) is 10. The second kappa shape index (κ2) is 9.31. The van der Waals surface area contributed by atoms with Crippen molar-refractivity contribution in [1.82, 2.24) is 0 Å². The topological polar surface area (TPSA) is 165 Å². The summed E-state index contributed by atoms with van der Waals surface area (Å²) in [4.78, 5) is 24.3. The summed E-state index contributed by atoms with van der Waals surface area (Å²) in [7, 11) is 2.61. The van der Waals surface area contributed by atoms with E-state index in [2.05, 4.69) is 0 Å². The molecule has 2 heterocycles. The van der Waals surface area contributed by atoms with Crippen molar-refractivity contribution in [2.45, 2.75) is 30.7 Å². The zero-order valence-corrected chi connectivity index (χ0v) is 18.1. The van der Waals surface area contributed by atoms with Gasteiger partial charge in [0, 0.05) is 17.7 Å². The summed E-state index contributed by atoms with van der Waals surface area (Å²) >= 11 is 0. The summed E-state index contributed by atoms with van der Waals surface area (Å²) in [6.07, 6.45) is -9.12. The lowest BCUT2D eigenvalue weighted by atomic mass is 9.99. The van der Waals surface area contributed by atoms with Crippen LogP contribution in [-0.2, 0) is 9.53 Å². The van der Waals surface area contributed by atoms with Crippen LogP contribution in [0.5, 0.6) is 17.2 Å². The zero-order valence-electron chi connectivity index (χ0n) is 18.1. The number of aliphatic carboxylic acids is 1. The SMILES string of the molecule is COc1c(O[C@@H]2O[C@H](C(=O)O)[C@@H](O)[C@H](O)[C@H]2O)cc(OC)c2c(=O)cc(-c3ccccc3)oc12. The van der Waals surface area contributed by atoms with Gasteiger partial charge in [-0.3, -0.25) is 4.79 Å². The Morgan fingerprint density at radius 3 is 2.26 bits per heavy atom. The molecule has 3 aromatic rings. The van der Waals surface area contributed by atoms with E-state index in [0.717, 1.165) is 0 Å². The van der Waals surface area contributed by atoms with Gasteiger partial charge in [-0.25, -0.2) is 4.79 Å². The number of aliphatic hydroxyl groups is 3. The van der Waals surface area contributed by atoms with Crippen LogP contribution in [0.25, 0.3) is 22.3 Å². The highest BCUT2D eigenvalue weighted by molar-refractivity contribution is 5.92. The first-order valence-electron chi connectivity index (χ1n) is 10.1. The molecule has 0 bridgehead atoms. The Kier molecular flexibility index (Phi) is 6.44. The molecule has 5 atom stereocenters. The maximum Gasteiger partial charge on any atom is 0.335 e. The van der Waals surface area contributed by atoms with Gasteiger partial charge in [-0.1, -0.05) is 30.3 Å². The van der Waals surface area contributed by atoms with Gasteiger partial charge in [0.25, 0.3) is 0 Å². The van der Waals surface area contributed by atoms with E-state index in [1.54, 1.807) is 24.3 Å². The lowest BCUT2D eigenvalue weighted by molar-refractivity contribution is -0.271. The lowest BCUT2D eigenvalue weighted by Crippen LogP contribution is -2.61. The summed E-state index contributed by atoms with van der Waals surface area (Å²) in [5.41, 5.74) is 0.186. The predicted molar refractivity (Wildman–Crippen MR) is 116 cm³/mol. The average molecular weight is 474 g/mol. The largest absolute Gasteiger partial charge is 0.496 e. The molecule has 1 fully saturated rings. The number of aliphatic hydroxyl groups excluding tert-OH is 3. The molecular weight excluding hydrogens is 452 g/mol. The zero-order chi connectivity index (χ0) is 24.6. The molecule has 0 spiro atoms. The monoisotopic (exact) mass is 474 g/mol. The first-order valence-corrected chi connectivity index (χ1v) is 10.1. The van der Waals surface area contributed by atoms with E-state index < -0.39 is 42.1 Å². The van der Waals surface area contributed by atoms with Crippen LogP contribution >= 0.6 is 0 Å². The Bertz CT molecular complexity index is 1250. The van der Waals surface area contributed by atoms with E-state index in [0.29, 0.717) is 5.56 Å². The van der Waals surface area contributed by atoms with E-state index in [4.69, 9.17) is 23.4 Å². The summed E-state index contributed by atoms with van der Waals surface area (Å²) in [6, 6.07) is 11.4. The third-order valence-electron chi connectivity index (χ3n) is 5.42. The molecule has 11 nitrogen and oxygen atoms in total. The fourth-order valence-corrected chi connectivity index (χ4v) is 3.72. The minimum Gasteiger partial charge on any atom is -0.496 e. The second-order valence-electron chi connectivity index (χ2n) is 7.51. The van der Waals surface area contributed by atoms with Gasteiger partial charge >= 0.3 is 5.97 Å². The quantitative estimate of drug-likeness (QED) is 0.398. The number of carboxylic acids is 1. The minimum atomic E-state index is -1.88. The van der Waals surface area contributed by atoms with Crippen molar-refractivity contribution < 1.29 is 48.6 Å². The molecule has 0 amide bonds. The summed E-state index contributed by atoms with van der Waals surface area (Å²) in [6.45, 7) is 0. The van der Waals surface area contributed by atoms with Gasteiger partial charge in [-0.05, 0) is 0 Å². The van der Waals surface area contributed by atoms with Gasteiger partial charge in [0.05, 0.1) is 14.2 Å². The van der Waals surface area contributed by atoms with Crippen molar-refractivity contribution in [2.75, 3.05) is 14.2 Å². The summed E-state index contributed by atoms with van der Waals surface area (Å²) in [5, 5.41) is 39.6. The third kappa shape index (κ3) is 4.05. The van der Waals surface area contributed by atoms with Crippen molar-refractivity contribution in [2.24, 2.45) is 0 Å². The molecule has 1 aliphatic heterocycles. The average Bonchev–Trinajstić information content (AvgIpc) is 2.83. The number of methoxy groups -OCH3 is 2. The molecule has 2 aromatic carbocycles. The van der Waals surface area contributed by atoms with Gasteiger partial charge in [0.1, 0.15) is 35.2 Å². The highest BCUT2D eigenvalue weighted by Crippen LogP contribution is 2.42. The van der Waals surface area contributed by atoms with Crippen molar-refractivity contribution in [1.29, 1.82) is 0 Å². The number of carbonyl (C=O) groups is 1. The van der Waals surface area contributed by atoms with Crippen LogP contribution in [0.1, 0.15) is 0 Å². The molecule has 11 heteroatoms. The number of fused-ring (bicyclic) bond motifs is 1. The lowest BCUT2D eigenvalue weighted by Gasteiger charge is -2.38. The molecule has 0 aliphatic carbocycles. The van der Waals surface area contributed by atoms with Crippen molar-refractivity contribution in [3.8, 4) is 28.6 Å². The highest BCUT2D eigenvalue weighted by Gasteiger charge is 2.48. The number of carboxylic acid groups (broad SMARTS) is 1. The van der Waals surface area contributed by atoms with Crippen LogP contribution in [0, 0.1) is 0 Å². The first kappa shape index (κ1) is 23.5. The van der Waals surface area contributed by atoms with E-state index in [1.807, 2.05) is 6.07 Å². The third-order valence-corrected chi connectivity index (χ3v) is 5.42. The van der Waals surface area contributed by atoms with Gasteiger partial charge < -0.3 is 43.8 Å². The Morgan fingerprint density at radius 1 is 0.941 bits per heavy atom. The molecule has 4 rings (SSSR count). The van der Waals surface area contributed by atoms with Gasteiger partial charge in [-0.2, -0.15) is 0 Å². The Labute approximate surface area is 192 Å². The first-order chi connectivity index (χ1) is 16.3. The minimum absolute atomic E-state index is 0.0242. The predicted octanol–water partition coefficient (Wildman–Crippen LogP) is 0.748. The van der Waals surface area contributed by atoms with Crippen molar-refractivity contribution in [3.05, 3.63) is 52.7 Å². The maximum atomic E-state index is 12.9. The van der Waals surface area contributed by atoms with E-state index >= 15 is 0 Å². The molecule has 0 unspecified atom stereocenters. The molecule has 180 valence electrons. The molecule has 1 saturated heterocycles. The number of rotatable bonds is 6. The normalized spacial score (nSPS) is 24.6. The highest BCUT2D eigenvalue weighted by atomic mass is 16.7. The fraction of sp³-hybridized carbons (Fsp3) is 0.304. The Balaban J connectivity index is 1.84. The van der Waals surface area contributed by atoms with Gasteiger partial charge in [0.15, 0.2) is 22.9 Å². The van der Waals surface area contributed by atoms with Crippen LogP contribution in [0.2, 0.25) is 0 Å². The van der Waals surface area contributed by atoms with Gasteiger partial charge in [-0.15, -0.1) is 0 Å². The fourth-order valence-electron chi connectivity index (χ4n) is 3.72. The van der Waals surface area contributed by atoms with Crippen LogP contribution < -0.4 is 19.6 Å². The molecule has 0 radical (unpaired) electrons. The molecule has 4 N–H and O–H groups in total. The smallest absolute Gasteiger partial charge is 0.335 e. The van der Waals surface area contributed by atoms with Crippen molar-refractivity contribution >= 4 is 16.9 Å². The van der Waals surface area contributed by atoms with Crippen LogP contribution in [0.4, 0.5) is 0 Å². The van der Waals surface area contributed by atoms with Crippen LogP contribution in [0.15, 0.2) is 51.7 Å². The summed E-state index contributed by atoms with van der Waals surface area (Å²) in [5.74, 6) is -1.45. The number of hydrogen-bond donors (Lipinski definition) is 4. The Hall–Kier alpha value is -3.64. The van der Waals surface area contributed by atoms with E-state index in [1.165, 1.54) is 26.4 Å². The molecule has 1 aromatic heterocycles. The maximum absolute atomic E-state index is 12.9. The van der Waals surface area contributed by atoms with Crippen LogP contribution in [0.3, 0.4) is 0 Å². The van der Waals surface area contributed by atoms with Crippen molar-refractivity contribution in [3.63, 3.8) is 0 Å². The Morgan fingerprint density at radius 2 is 1.65 bits per heavy atom. The molecule has 0 saturated carbocycles. The molecular formula is C23H22O11. The molecule has 34 heavy (non-hydrogen) atoms. The standard InChI is InChI=1S/C23H22O11/c1-30-13-9-14(33-23-18(27)16(25)17(26)21(34-23)22(28)29)19(31-2)20-15(13)11(24)8-12(32-20)10-6-4-3-5-7-10/h3-9,16-18,21,23,25-27H,1-2H3,(H,28,29)/t16-,17-,18+,21-,23+/m0/s1. The van der Waals surface area contributed by atoms with E-state index in [-0.39, 0.29) is 34.0 Å². The van der Waals surface area contributed by atoms with Crippen LogP contribution in [-0.4, -0.2) is 71.3 Å². The number of benzene rings is 2. The number of ether oxygens (including phenoxy) is 4. The second-order valence-corrected chi connectivity index (χ2v) is 7.51.